The zero-order chi connectivity index (χ0) is 25.9. The summed E-state index contributed by atoms with van der Waals surface area (Å²) < 4.78 is 34.1. The number of hydrogen-bond donors (Lipinski definition) is 1. The van der Waals surface area contributed by atoms with Gasteiger partial charge in [-0.15, -0.1) is 0 Å². The number of halogens is 1. The van der Waals surface area contributed by atoms with Crippen molar-refractivity contribution in [1.29, 1.82) is 0 Å². The van der Waals surface area contributed by atoms with Crippen molar-refractivity contribution < 1.29 is 22.7 Å². The third-order valence-electron chi connectivity index (χ3n) is 5.89. The van der Waals surface area contributed by atoms with E-state index in [1.807, 2.05) is 13.8 Å². The first-order valence-electron chi connectivity index (χ1n) is 11.5. The summed E-state index contributed by atoms with van der Waals surface area (Å²) in [7, 11) is -4.02. The highest BCUT2D eigenvalue weighted by Crippen LogP contribution is 2.37. The summed E-state index contributed by atoms with van der Waals surface area (Å²) in [5.41, 5.74) is 0.999. The van der Waals surface area contributed by atoms with Crippen LogP contribution in [0.5, 0.6) is 5.75 Å². The molecule has 0 aliphatic carbocycles. The second-order valence-electron chi connectivity index (χ2n) is 8.08. The number of para-hydroxylation sites is 3. The Morgan fingerprint density at radius 1 is 1.00 bits per heavy atom. The van der Waals surface area contributed by atoms with Crippen LogP contribution in [0.1, 0.15) is 24.2 Å². The number of nitrogens with one attached hydrogen (secondary N) is 1. The van der Waals surface area contributed by atoms with E-state index in [0.717, 1.165) is 4.31 Å². The number of carbonyl (C=O) groups is 2. The summed E-state index contributed by atoms with van der Waals surface area (Å²) in [6.07, 6.45) is -1.15. The number of ether oxygens (including phenoxy) is 1. The smallest absolute Gasteiger partial charge is 0.267 e. The molecule has 3 aromatic carbocycles. The molecule has 188 valence electrons. The molecule has 0 unspecified atom stereocenters. The Morgan fingerprint density at radius 3 is 2.33 bits per heavy atom. The van der Waals surface area contributed by atoms with Gasteiger partial charge in [0, 0.05) is 18.1 Å². The maximum Gasteiger partial charge on any atom is 0.267 e. The molecule has 2 amide bonds. The zero-order valence-electron chi connectivity index (χ0n) is 19.8. The van der Waals surface area contributed by atoms with Crippen molar-refractivity contribution in [3.8, 4) is 5.75 Å². The Kier molecular flexibility index (Phi) is 7.51. The molecule has 1 aliphatic heterocycles. The maximum absolute atomic E-state index is 13.5. The molecule has 1 atom stereocenters. The highest BCUT2D eigenvalue weighted by Gasteiger charge is 2.37. The molecular weight excluding hydrogens is 502 g/mol. The average molecular weight is 528 g/mol. The molecule has 0 radical (unpaired) electrons. The number of benzene rings is 3. The van der Waals surface area contributed by atoms with Crippen LogP contribution in [0.3, 0.4) is 0 Å². The van der Waals surface area contributed by atoms with Crippen LogP contribution >= 0.6 is 11.6 Å². The maximum atomic E-state index is 13.5. The molecule has 3 aromatic rings. The molecule has 1 heterocycles. The predicted molar refractivity (Wildman–Crippen MR) is 139 cm³/mol. The normalized spacial score (nSPS) is 15.0. The number of nitrogens with zero attached hydrogens (tertiary/aromatic N) is 2. The molecule has 0 bridgehead atoms. The lowest BCUT2D eigenvalue weighted by Gasteiger charge is -2.34. The van der Waals surface area contributed by atoms with E-state index in [1.165, 1.54) is 24.3 Å². The Morgan fingerprint density at radius 2 is 1.64 bits per heavy atom. The van der Waals surface area contributed by atoms with Crippen LogP contribution in [0.15, 0.2) is 77.7 Å². The quantitative estimate of drug-likeness (QED) is 0.491. The van der Waals surface area contributed by atoms with Gasteiger partial charge in [0.1, 0.15) is 5.75 Å². The van der Waals surface area contributed by atoms with Gasteiger partial charge in [-0.1, -0.05) is 35.9 Å². The Labute approximate surface area is 215 Å². The molecule has 0 saturated carbocycles. The first-order valence-corrected chi connectivity index (χ1v) is 13.3. The fraction of sp³-hybridized carbons (Fsp3) is 0.231. The van der Waals surface area contributed by atoms with Gasteiger partial charge in [0.05, 0.1) is 28.4 Å². The molecule has 36 heavy (non-hydrogen) atoms. The lowest BCUT2D eigenvalue weighted by Crippen LogP contribution is -2.49. The molecule has 10 heteroatoms. The lowest BCUT2D eigenvalue weighted by atomic mass is 10.1. The van der Waals surface area contributed by atoms with Gasteiger partial charge in [0.25, 0.3) is 21.8 Å². The molecule has 0 saturated heterocycles. The van der Waals surface area contributed by atoms with Gasteiger partial charge in [-0.2, -0.15) is 0 Å². The van der Waals surface area contributed by atoms with E-state index in [2.05, 4.69) is 5.32 Å². The molecule has 4 rings (SSSR count). The monoisotopic (exact) mass is 527 g/mol. The van der Waals surface area contributed by atoms with E-state index in [9.17, 15) is 18.0 Å². The van der Waals surface area contributed by atoms with Crippen LogP contribution in [0.4, 0.5) is 11.4 Å². The molecule has 0 aromatic heterocycles. The minimum Gasteiger partial charge on any atom is -0.476 e. The van der Waals surface area contributed by atoms with Crippen molar-refractivity contribution in [3.05, 3.63) is 83.4 Å². The first kappa shape index (κ1) is 25.5. The van der Waals surface area contributed by atoms with Crippen LogP contribution in [0, 0.1) is 0 Å². The van der Waals surface area contributed by atoms with E-state index in [-0.39, 0.29) is 23.1 Å². The predicted octanol–water partition coefficient (Wildman–Crippen LogP) is 4.42. The Balaban J connectivity index is 1.64. The second-order valence-corrected chi connectivity index (χ2v) is 10.4. The van der Waals surface area contributed by atoms with Crippen LogP contribution < -0.4 is 14.4 Å². The van der Waals surface area contributed by atoms with Crippen molar-refractivity contribution in [1.82, 2.24) is 4.90 Å². The standard InChI is InChI=1S/C26H26ClN3O5S/c1-3-29(4-2)26(32)20-9-5-6-10-21(20)28-25(31)24-17-30(22-11-7-8-12-23(22)35-24)36(33,34)19-15-13-18(27)14-16-19/h5-16,24H,3-4,17H2,1-2H3,(H,28,31)/t24-/m1/s1. The summed E-state index contributed by atoms with van der Waals surface area (Å²) in [5, 5.41) is 3.17. The molecule has 1 N–H and O–H groups in total. The van der Waals surface area contributed by atoms with E-state index in [4.69, 9.17) is 16.3 Å². The summed E-state index contributed by atoms with van der Waals surface area (Å²) in [4.78, 5) is 28.0. The number of fused-ring (bicyclic) bond motifs is 1. The van der Waals surface area contributed by atoms with Gasteiger partial charge in [-0.25, -0.2) is 8.42 Å². The number of anilines is 2. The third kappa shape index (κ3) is 5.03. The van der Waals surface area contributed by atoms with Crippen molar-refractivity contribution in [2.45, 2.75) is 24.8 Å². The van der Waals surface area contributed by atoms with Crippen LogP contribution in [-0.4, -0.2) is 50.9 Å². The van der Waals surface area contributed by atoms with E-state index < -0.39 is 22.0 Å². The number of amides is 2. The number of rotatable bonds is 7. The fourth-order valence-electron chi connectivity index (χ4n) is 3.97. The average Bonchev–Trinajstić information content (AvgIpc) is 2.89. The van der Waals surface area contributed by atoms with Gasteiger partial charge < -0.3 is 15.0 Å². The summed E-state index contributed by atoms with van der Waals surface area (Å²) in [5.74, 6) is -0.521. The van der Waals surface area contributed by atoms with Crippen LogP contribution in [0.25, 0.3) is 0 Å². The van der Waals surface area contributed by atoms with Crippen molar-refractivity contribution in [2.24, 2.45) is 0 Å². The second kappa shape index (κ2) is 10.6. The number of hydrogen-bond acceptors (Lipinski definition) is 5. The summed E-state index contributed by atoms with van der Waals surface area (Å²) in [6.45, 7) is 4.56. The highest BCUT2D eigenvalue weighted by molar-refractivity contribution is 7.92. The fourth-order valence-corrected chi connectivity index (χ4v) is 5.58. The van der Waals surface area contributed by atoms with Crippen LogP contribution in [-0.2, 0) is 14.8 Å². The number of sulfonamides is 1. The Bertz CT molecular complexity index is 1370. The van der Waals surface area contributed by atoms with Crippen molar-refractivity contribution >= 4 is 44.8 Å². The Hall–Kier alpha value is -3.56. The van der Waals surface area contributed by atoms with Gasteiger partial charge >= 0.3 is 0 Å². The molecule has 0 spiro atoms. The topological polar surface area (TPSA) is 96.0 Å². The summed E-state index contributed by atoms with van der Waals surface area (Å²) in [6, 6.07) is 19.2. The van der Waals surface area contributed by atoms with E-state index >= 15 is 0 Å². The van der Waals surface area contributed by atoms with E-state index in [0.29, 0.717) is 35.1 Å². The third-order valence-corrected chi connectivity index (χ3v) is 7.94. The van der Waals surface area contributed by atoms with Gasteiger partial charge in [0.15, 0.2) is 6.10 Å². The lowest BCUT2D eigenvalue weighted by molar-refractivity contribution is -0.122. The van der Waals surface area contributed by atoms with Crippen molar-refractivity contribution in [2.75, 3.05) is 29.3 Å². The first-order chi connectivity index (χ1) is 17.3. The van der Waals surface area contributed by atoms with E-state index in [1.54, 1.807) is 53.4 Å². The van der Waals surface area contributed by atoms with Crippen molar-refractivity contribution in [3.63, 3.8) is 0 Å². The molecule has 0 fully saturated rings. The molecule has 1 aliphatic rings. The molecule has 8 nitrogen and oxygen atoms in total. The zero-order valence-corrected chi connectivity index (χ0v) is 21.4. The van der Waals surface area contributed by atoms with Gasteiger partial charge in [-0.3, -0.25) is 13.9 Å². The minimum absolute atomic E-state index is 0.0397. The van der Waals surface area contributed by atoms with Crippen LogP contribution in [0.2, 0.25) is 5.02 Å². The van der Waals surface area contributed by atoms with Gasteiger partial charge in [0.2, 0.25) is 0 Å². The molecular formula is C26H26ClN3O5S. The number of carbonyl (C=O) groups excluding carboxylic acids is 2. The summed E-state index contributed by atoms with van der Waals surface area (Å²) >= 11 is 5.94. The van der Waals surface area contributed by atoms with Gasteiger partial charge in [-0.05, 0) is 62.4 Å². The SMILES string of the molecule is CCN(CC)C(=O)c1ccccc1NC(=O)[C@H]1CN(S(=O)(=O)c2ccc(Cl)cc2)c2ccccc2O1. The largest absolute Gasteiger partial charge is 0.476 e. The highest BCUT2D eigenvalue weighted by atomic mass is 35.5. The minimum atomic E-state index is -4.02.